The Balaban J connectivity index is 1.58. The molecule has 29 heavy (non-hydrogen) atoms. The van der Waals surface area contributed by atoms with Crippen LogP contribution in [0.5, 0.6) is 0 Å². The molecule has 1 fully saturated rings. The van der Waals surface area contributed by atoms with Crippen molar-refractivity contribution in [2.75, 3.05) is 11.9 Å². The second-order valence-corrected chi connectivity index (χ2v) is 6.95. The van der Waals surface area contributed by atoms with E-state index in [4.69, 9.17) is 0 Å². The Kier molecular flexibility index (Phi) is 6.39. The van der Waals surface area contributed by atoms with Gasteiger partial charge in [-0.05, 0) is 24.6 Å². The maximum absolute atomic E-state index is 12.6. The van der Waals surface area contributed by atoms with Crippen LogP contribution >= 0.6 is 0 Å². The van der Waals surface area contributed by atoms with Crippen LogP contribution in [0.1, 0.15) is 40.7 Å². The van der Waals surface area contributed by atoms with E-state index in [-0.39, 0.29) is 49.4 Å². The number of aryl methyl sites for hydroxylation is 1. The zero-order valence-electron chi connectivity index (χ0n) is 16.2. The molecule has 1 saturated heterocycles. The summed E-state index contributed by atoms with van der Waals surface area (Å²) >= 11 is 0. The molecule has 0 bridgehead atoms. The van der Waals surface area contributed by atoms with Crippen molar-refractivity contribution in [3.05, 3.63) is 65.2 Å². The number of carbonyl (C=O) groups excluding carboxylic acids is 4. The number of likely N-dealkylation sites (tertiary alicyclic amines) is 1. The molecule has 7 nitrogen and oxygen atoms in total. The summed E-state index contributed by atoms with van der Waals surface area (Å²) < 4.78 is 0. The molecule has 7 heteroatoms. The van der Waals surface area contributed by atoms with Crippen molar-refractivity contribution in [3.8, 4) is 0 Å². The van der Waals surface area contributed by atoms with Gasteiger partial charge >= 0.3 is 0 Å². The summed E-state index contributed by atoms with van der Waals surface area (Å²) in [7, 11) is 0. The summed E-state index contributed by atoms with van der Waals surface area (Å²) in [4.78, 5) is 49.2. The maximum Gasteiger partial charge on any atom is 0.253 e. The SMILES string of the molecule is Cc1ccc(CNC(=O)c2ccccc2NC(=O)CCN2C(=O)CCC2=O)cc1. The van der Waals surface area contributed by atoms with E-state index in [1.165, 1.54) is 0 Å². The first-order valence-corrected chi connectivity index (χ1v) is 9.50. The molecule has 4 amide bonds. The quantitative estimate of drug-likeness (QED) is 0.706. The molecule has 0 saturated carbocycles. The molecule has 3 rings (SSSR count). The molecular formula is C22H23N3O4. The van der Waals surface area contributed by atoms with Crippen LogP contribution in [-0.2, 0) is 20.9 Å². The van der Waals surface area contributed by atoms with Gasteiger partial charge in [0.25, 0.3) is 5.91 Å². The summed E-state index contributed by atoms with van der Waals surface area (Å²) in [6, 6.07) is 14.6. The number of rotatable bonds is 7. The van der Waals surface area contributed by atoms with Crippen molar-refractivity contribution < 1.29 is 19.2 Å². The van der Waals surface area contributed by atoms with E-state index in [0.717, 1.165) is 16.0 Å². The van der Waals surface area contributed by atoms with E-state index in [1.54, 1.807) is 24.3 Å². The largest absolute Gasteiger partial charge is 0.348 e. The van der Waals surface area contributed by atoms with Crippen molar-refractivity contribution in [1.82, 2.24) is 10.2 Å². The second-order valence-electron chi connectivity index (χ2n) is 6.95. The predicted octanol–water partition coefficient (Wildman–Crippen LogP) is 2.40. The summed E-state index contributed by atoms with van der Waals surface area (Å²) in [6.07, 6.45) is 0.381. The van der Waals surface area contributed by atoms with Crippen molar-refractivity contribution >= 4 is 29.3 Å². The van der Waals surface area contributed by atoms with Gasteiger partial charge in [-0.3, -0.25) is 24.1 Å². The molecule has 0 unspecified atom stereocenters. The minimum atomic E-state index is -0.365. The average molecular weight is 393 g/mol. The number of anilines is 1. The molecule has 2 aromatic rings. The molecule has 1 aliphatic heterocycles. The zero-order chi connectivity index (χ0) is 20.8. The number of hydrogen-bond donors (Lipinski definition) is 2. The first kappa shape index (κ1) is 20.3. The van der Waals surface area contributed by atoms with Crippen LogP contribution < -0.4 is 10.6 Å². The van der Waals surface area contributed by atoms with E-state index in [9.17, 15) is 19.2 Å². The van der Waals surface area contributed by atoms with Crippen molar-refractivity contribution in [2.45, 2.75) is 32.7 Å². The number of carbonyl (C=O) groups is 4. The molecule has 1 heterocycles. The highest BCUT2D eigenvalue weighted by Crippen LogP contribution is 2.17. The third-order valence-corrected chi connectivity index (χ3v) is 4.74. The number of nitrogens with zero attached hydrogens (tertiary/aromatic N) is 1. The molecular weight excluding hydrogens is 370 g/mol. The van der Waals surface area contributed by atoms with Crippen LogP contribution in [0.25, 0.3) is 0 Å². The lowest BCUT2D eigenvalue weighted by atomic mass is 10.1. The first-order valence-electron chi connectivity index (χ1n) is 9.50. The van der Waals surface area contributed by atoms with Gasteiger partial charge in [0.2, 0.25) is 17.7 Å². The monoisotopic (exact) mass is 393 g/mol. The molecule has 2 N–H and O–H groups in total. The standard InChI is InChI=1S/C22H23N3O4/c1-15-6-8-16(9-7-15)14-23-22(29)17-4-2-3-5-18(17)24-19(26)12-13-25-20(27)10-11-21(25)28/h2-9H,10-14H2,1H3,(H,23,29)(H,24,26). The van der Waals surface area contributed by atoms with Crippen molar-refractivity contribution in [1.29, 1.82) is 0 Å². The van der Waals surface area contributed by atoms with Gasteiger partial charge in [0.1, 0.15) is 0 Å². The molecule has 0 radical (unpaired) electrons. The molecule has 1 aliphatic rings. The Labute approximate surface area is 169 Å². The fraction of sp³-hybridized carbons (Fsp3) is 0.273. The smallest absolute Gasteiger partial charge is 0.253 e. The van der Waals surface area contributed by atoms with Crippen LogP contribution in [0.15, 0.2) is 48.5 Å². The zero-order valence-corrected chi connectivity index (χ0v) is 16.2. The molecule has 0 atom stereocenters. The van der Waals surface area contributed by atoms with E-state index >= 15 is 0 Å². The highest BCUT2D eigenvalue weighted by molar-refractivity contribution is 6.04. The second kappa shape index (κ2) is 9.14. The molecule has 0 spiro atoms. The van der Waals surface area contributed by atoms with Crippen LogP contribution in [0, 0.1) is 6.92 Å². The van der Waals surface area contributed by atoms with Gasteiger partial charge in [0.05, 0.1) is 11.3 Å². The summed E-state index contributed by atoms with van der Waals surface area (Å²) in [5.41, 5.74) is 2.86. The molecule has 0 aromatic heterocycles. The third kappa shape index (κ3) is 5.28. The average Bonchev–Trinajstić information content (AvgIpc) is 3.03. The minimum Gasteiger partial charge on any atom is -0.348 e. The lowest BCUT2D eigenvalue weighted by Crippen LogP contribution is -2.32. The number of nitrogens with one attached hydrogen (secondary N) is 2. The van der Waals surface area contributed by atoms with Gasteiger partial charge in [-0.2, -0.15) is 0 Å². The van der Waals surface area contributed by atoms with Gasteiger partial charge < -0.3 is 10.6 Å². The van der Waals surface area contributed by atoms with Crippen LogP contribution in [-0.4, -0.2) is 35.1 Å². The Morgan fingerprint density at radius 3 is 2.31 bits per heavy atom. The number of para-hydroxylation sites is 1. The Morgan fingerprint density at radius 1 is 0.966 bits per heavy atom. The van der Waals surface area contributed by atoms with E-state index < -0.39 is 0 Å². The molecule has 150 valence electrons. The lowest BCUT2D eigenvalue weighted by molar-refractivity contribution is -0.138. The lowest BCUT2D eigenvalue weighted by Gasteiger charge is -2.14. The van der Waals surface area contributed by atoms with E-state index in [2.05, 4.69) is 10.6 Å². The Hall–Kier alpha value is -3.48. The van der Waals surface area contributed by atoms with Crippen LogP contribution in [0.4, 0.5) is 5.69 Å². The Morgan fingerprint density at radius 2 is 1.62 bits per heavy atom. The van der Waals surface area contributed by atoms with Gasteiger partial charge in [0.15, 0.2) is 0 Å². The summed E-state index contributed by atoms with van der Waals surface area (Å²) in [5.74, 6) is -1.17. The predicted molar refractivity (Wildman–Crippen MR) is 108 cm³/mol. The van der Waals surface area contributed by atoms with Crippen molar-refractivity contribution in [3.63, 3.8) is 0 Å². The summed E-state index contributed by atoms with van der Waals surface area (Å²) in [6.45, 7) is 2.42. The number of imide groups is 1. The normalized spacial score (nSPS) is 13.5. The molecule has 0 aliphatic carbocycles. The van der Waals surface area contributed by atoms with Crippen LogP contribution in [0.3, 0.4) is 0 Å². The van der Waals surface area contributed by atoms with Crippen LogP contribution in [0.2, 0.25) is 0 Å². The fourth-order valence-electron chi connectivity index (χ4n) is 3.07. The van der Waals surface area contributed by atoms with Gasteiger partial charge in [-0.15, -0.1) is 0 Å². The van der Waals surface area contributed by atoms with Crippen molar-refractivity contribution in [2.24, 2.45) is 0 Å². The topological polar surface area (TPSA) is 95.6 Å². The minimum absolute atomic E-state index is 0.0171. The van der Waals surface area contributed by atoms with Gasteiger partial charge in [-0.1, -0.05) is 42.0 Å². The Bertz CT molecular complexity index is 921. The maximum atomic E-state index is 12.6. The number of hydrogen-bond acceptors (Lipinski definition) is 4. The fourth-order valence-corrected chi connectivity index (χ4v) is 3.07. The van der Waals surface area contributed by atoms with E-state index in [0.29, 0.717) is 17.8 Å². The highest BCUT2D eigenvalue weighted by Gasteiger charge is 2.28. The summed E-state index contributed by atoms with van der Waals surface area (Å²) in [5, 5.41) is 5.55. The van der Waals surface area contributed by atoms with E-state index in [1.807, 2.05) is 31.2 Å². The highest BCUT2D eigenvalue weighted by atomic mass is 16.2. The molecule has 2 aromatic carbocycles. The van der Waals surface area contributed by atoms with Gasteiger partial charge in [-0.25, -0.2) is 0 Å². The number of amides is 4. The first-order chi connectivity index (χ1) is 13.9. The van der Waals surface area contributed by atoms with Gasteiger partial charge in [0, 0.05) is 32.4 Å². The third-order valence-electron chi connectivity index (χ3n) is 4.74. The number of benzene rings is 2.